The van der Waals surface area contributed by atoms with Gasteiger partial charge in [0.05, 0.1) is 25.2 Å². The number of aromatic nitrogens is 3. The number of H-pyrrole nitrogens is 1. The molecule has 0 saturated carbocycles. The Morgan fingerprint density at radius 1 is 1.21 bits per heavy atom. The van der Waals surface area contributed by atoms with Gasteiger partial charge in [-0.1, -0.05) is 23.7 Å². The fourth-order valence-electron chi connectivity index (χ4n) is 2.38. The summed E-state index contributed by atoms with van der Waals surface area (Å²) in [5.41, 5.74) is 3.95. The van der Waals surface area contributed by atoms with E-state index in [-0.39, 0.29) is 0 Å². The number of nitrogens with zero attached hydrogens (tertiary/aromatic N) is 2. The van der Waals surface area contributed by atoms with Crippen LogP contribution < -0.4 is 5.48 Å². The second kappa shape index (κ2) is 10.9. The van der Waals surface area contributed by atoms with Crippen molar-refractivity contribution in [3.63, 3.8) is 0 Å². The van der Waals surface area contributed by atoms with E-state index in [2.05, 4.69) is 25.3 Å². The van der Waals surface area contributed by atoms with Crippen LogP contribution in [0.4, 0.5) is 10.2 Å². The van der Waals surface area contributed by atoms with Crippen LogP contribution in [0.5, 0.6) is 0 Å². The van der Waals surface area contributed by atoms with E-state index < -0.39 is 24.6 Å². The van der Waals surface area contributed by atoms with Gasteiger partial charge in [0, 0.05) is 11.2 Å². The summed E-state index contributed by atoms with van der Waals surface area (Å²) < 4.78 is 13.1. The molecule has 0 aliphatic rings. The molecule has 5 N–H and O–H groups in total. The minimum absolute atomic E-state index is 0.296. The van der Waals surface area contributed by atoms with Crippen molar-refractivity contribution in [1.29, 1.82) is 0 Å². The molecule has 0 amide bonds. The van der Waals surface area contributed by atoms with E-state index in [1.807, 2.05) is 12.1 Å². The third-order valence-electron chi connectivity index (χ3n) is 3.89. The monoisotopic (exact) mass is 412 g/mol. The number of aliphatic hydroxyl groups is 3. The quantitative estimate of drug-likeness (QED) is 0.376. The van der Waals surface area contributed by atoms with E-state index in [9.17, 15) is 9.50 Å². The van der Waals surface area contributed by atoms with Gasteiger partial charge in [0.2, 0.25) is 0 Å². The van der Waals surface area contributed by atoms with Crippen LogP contribution >= 0.6 is 11.6 Å². The summed E-state index contributed by atoms with van der Waals surface area (Å²) in [6.45, 7) is -0.415. The summed E-state index contributed by atoms with van der Waals surface area (Å²) in [7, 11) is 1.43. The maximum atomic E-state index is 13.1. The van der Waals surface area contributed by atoms with Gasteiger partial charge in [-0.15, -0.1) is 0 Å². The molecule has 28 heavy (non-hydrogen) atoms. The van der Waals surface area contributed by atoms with Crippen molar-refractivity contribution < 1.29 is 24.5 Å². The lowest BCUT2D eigenvalue weighted by atomic mass is 10.0. The lowest BCUT2D eigenvalue weighted by Gasteiger charge is -2.15. The minimum Gasteiger partial charge on any atom is -0.394 e. The van der Waals surface area contributed by atoms with Crippen molar-refractivity contribution in [2.45, 2.75) is 25.0 Å². The summed E-state index contributed by atoms with van der Waals surface area (Å²) in [4.78, 5) is 15.0. The Morgan fingerprint density at radius 2 is 1.93 bits per heavy atom. The van der Waals surface area contributed by atoms with E-state index in [1.165, 1.54) is 19.6 Å². The van der Waals surface area contributed by atoms with E-state index in [1.54, 1.807) is 12.1 Å². The van der Waals surface area contributed by atoms with Crippen LogP contribution in [-0.2, 0) is 11.3 Å². The highest BCUT2D eigenvalue weighted by Gasteiger charge is 2.14. The van der Waals surface area contributed by atoms with Crippen LogP contribution in [0, 0.1) is 5.82 Å². The van der Waals surface area contributed by atoms with Crippen LogP contribution in [0.1, 0.15) is 12.0 Å². The molecule has 0 aliphatic heterocycles. The number of aromatic amines is 1. The van der Waals surface area contributed by atoms with Crippen molar-refractivity contribution in [1.82, 2.24) is 15.0 Å². The van der Waals surface area contributed by atoms with Gasteiger partial charge in [0.25, 0.3) is 0 Å². The van der Waals surface area contributed by atoms with Crippen LogP contribution in [0.2, 0.25) is 5.02 Å². The molecule has 3 aromatic rings. The predicted octanol–water partition coefficient (Wildman–Crippen LogP) is 2.06. The van der Waals surface area contributed by atoms with Crippen LogP contribution in [-0.4, -0.2) is 56.2 Å². The number of fused-ring (bicyclic) bond motifs is 1. The van der Waals surface area contributed by atoms with Gasteiger partial charge in [0.15, 0.2) is 11.6 Å². The molecule has 2 heterocycles. The molecule has 8 nitrogen and oxygen atoms in total. The molecule has 2 atom stereocenters. The van der Waals surface area contributed by atoms with Crippen LogP contribution in [0.25, 0.3) is 11.0 Å². The first-order valence-corrected chi connectivity index (χ1v) is 8.82. The zero-order valence-electron chi connectivity index (χ0n) is 15.1. The zero-order chi connectivity index (χ0) is 20.5. The lowest BCUT2D eigenvalue weighted by Crippen LogP contribution is -2.29. The molecule has 0 fully saturated rings. The van der Waals surface area contributed by atoms with E-state index in [0.29, 0.717) is 34.7 Å². The number of nitrogens with one attached hydrogen (secondary N) is 2. The Hall–Kier alpha value is -2.30. The summed E-state index contributed by atoms with van der Waals surface area (Å²) >= 11 is 5.72. The minimum atomic E-state index is -1.06. The maximum absolute atomic E-state index is 13.1. The van der Waals surface area contributed by atoms with Crippen molar-refractivity contribution in [3.8, 4) is 0 Å². The number of benzene rings is 1. The fourth-order valence-corrected chi connectivity index (χ4v) is 2.50. The lowest BCUT2D eigenvalue weighted by molar-refractivity contribution is -0.0172. The number of anilines is 1. The Bertz CT molecular complexity index is 862. The van der Waals surface area contributed by atoms with Gasteiger partial charge in [-0.05, 0) is 30.5 Å². The number of hydrogen-bond donors (Lipinski definition) is 5. The predicted molar refractivity (Wildman–Crippen MR) is 103 cm³/mol. The number of aliphatic hydroxyl groups excluding tert-OH is 3. The Balaban J connectivity index is 0.000000202. The van der Waals surface area contributed by atoms with Gasteiger partial charge < -0.3 is 20.3 Å². The maximum Gasteiger partial charge on any atom is 0.165 e. The first-order valence-electron chi connectivity index (χ1n) is 8.44. The molecule has 2 unspecified atom stereocenters. The van der Waals surface area contributed by atoms with Crippen molar-refractivity contribution in [2.75, 3.05) is 19.2 Å². The van der Waals surface area contributed by atoms with E-state index >= 15 is 0 Å². The molecule has 152 valence electrons. The summed E-state index contributed by atoms with van der Waals surface area (Å²) in [5.74, 6) is -0.0959. The van der Waals surface area contributed by atoms with Crippen molar-refractivity contribution in [3.05, 3.63) is 53.2 Å². The third kappa shape index (κ3) is 6.11. The first kappa shape index (κ1) is 22.0. The van der Waals surface area contributed by atoms with Gasteiger partial charge >= 0.3 is 0 Å². The second-order valence-electron chi connectivity index (χ2n) is 5.87. The number of rotatable bonds is 7. The molecule has 0 aliphatic carbocycles. The molecule has 0 radical (unpaired) electrons. The molecule has 10 heteroatoms. The zero-order valence-corrected chi connectivity index (χ0v) is 15.9. The standard InChI is InChI=1S/C11H15ClO3.C7H7FN4O/c12-9-4-1-8(2-5-9)3-6-10(14)11(15)7-13;1-13-12-7-5-4(8)2-9-6(5)10-3-11-7/h1-2,4-5,10-11,13-15H,3,6-7H2;2-3H,1H3,(H2,9,10,11,12). The first-order chi connectivity index (χ1) is 13.5. The molecular weight excluding hydrogens is 391 g/mol. The molecule has 1 aromatic carbocycles. The van der Waals surface area contributed by atoms with E-state index in [4.69, 9.17) is 21.8 Å². The van der Waals surface area contributed by atoms with Crippen LogP contribution in [0.3, 0.4) is 0 Å². The van der Waals surface area contributed by atoms with Crippen LogP contribution in [0.15, 0.2) is 36.8 Å². The van der Waals surface area contributed by atoms with Gasteiger partial charge in [-0.3, -0.25) is 4.84 Å². The average Bonchev–Trinajstić information content (AvgIpc) is 3.09. The second-order valence-corrected chi connectivity index (χ2v) is 6.31. The Kier molecular flexibility index (Phi) is 8.55. The van der Waals surface area contributed by atoms with Gasteiger partial charge in [0.1, 0.15) is 18.1 Å². The molecular formula is C18H22ClFN4O4. The summed E-state index contributed by atoms with van der Waals surface area (Å²) in [5, 5.41) is 28.1. The largest absolute Gasteiger partial charge is 0.394 e. The Morgan fingerprint density at radius 3 is 2.57 bits per heavy atom. The Labute approximate surface area is 165 Å². The highest BCUT2D eigenvalue weighted by atomic mass is 35.5. The molecule has 0 bridgehead atoms. The van der Waals surface area contributed by atoms with Crippen molar-refractivity contribution >= 4 is 28.5 Å². The number of aryl methyl sites for hydroxylation is 1. The highest BCUT2D eigenvalue weighted by Crippen LogP contribution is 2.21. The van der Waals surface area contributed by atoms with Gasteiger partial charge in [-0.2, -0.15) is 0 Å². The smallest absolute Gasteiger partial charge is 0.165 e. The summed E-state index contributed by atoms with van der Waals surface area (Å²) in [6, 6.07) is 7.32. The number of halogens is 2. The third-order valence-corrected chi connectivity index (χ3v) is 4.15. The van der Waals surface area contributed by atoms with Crippen molar-refractivity contribution in [2.24, 2.45) is 0 Å². The topological polar surface area (TPSA) is 124 Å². The number of hydrogen-bond acceptors (Lipinski definition) is 7. The van der Waals surface area contributed by atoms with E-state index in [0.717, 1.165) is 5.56 Å². The van der Waals surface area contributed by atoms with Gasteiger partial charge in [-0.25, -0.2) is 19.8 Å². The molecule has 2 aromatic heterocycles. The molecule has 0 spiro atoms. The molecule has 0 saturated heterocycles. The average molecular weight is 413 g/mol. The molecule has 3 rings (SSSR count). The normalized spacial score (nSPS) is 12.9. The SMILES string of the molecule is CONc1ncnc2[nH]cc(F)c12.OCC(O)C(O)CCc1ccc(Cl)cc1. The fraction of sp³-hybridized carbons (Fsp3) is 0.333. The summed E-state index contributed by atoms with van der Waals surface area (Å²) in [6.07, 6.45) is 1.67. The highest BCUT2D eigenvalue weighted by molar-refractivity contribution is 6.30.